The number of aromatic carboxylic acids is 1. The third-order valence-electron chi connectivity index (χ3n) is 3.33. The summed E-state index contributed by atoms with van der Waals surface area (Å²) in [5.74, 6) is -0.0760. The van der Waals surface area contributed by atoms with Crippen LogP contribution in [0.1, 0.15) is 56.3 Å². The van der Waals surface area contributed by atoms with Crippen molar-refractivity contribution in [1.82, 2.24) is 0 Å². The number of hydrogen-bond acceptors (Lipinski definition) is 3. The Hall–Kier alpha value is -1.16. The number of thioether (sulfide) groups is 1. The maximum atomic E-state index is 11.0. The minimum absolute atomic E-state index is 0.243. The van der Waals surface area contributed by atoms with Crippen molar-refractivity contribution >= 4 is 17.7 Å². The van der Waals surface area contributed by atoms with Crippen LogP contribution in [0.3, 0.4) is 0 Å². The van der Waals surface area contributed by atoms with E-state index in [4.69, 9.17) is 9.84 Å². The van der Waals surface area contributed by atoms with Crippen LogP contribution in [-0.2, 0) is 0 Å². The molecule has 1 aromatic carbocycles. The number of carboxylic acids is 1. The second-order valence-corrected chi connectivity index (χ2v) is 6.62. The zero-order chi connectivity index (χ0) is 13.9. The molecular formula is C15H20O3S. The molecule has 0 amide bonds. The van der Waals surface area contributed by atoms with Gasteiger partial charge in [0.2, 0.25) is 0 Å². The van der Waals surface area contributed by atoms with Crippen LogP contribution in [0.5, 0.6) is 5.75 Å². The zero-order valence-corrected chi connectivity index (χ0v) is 12.3. The molecule has 0 fully saturated rings. The van der Waals surface area contributed by atoms with Crippen LogP contribution in [0.2, 0.25) is 0 Å². The number of carboxylic acid groups (broad SMARTS) is 1. The highest BCUT2D eigenvalue weighted by molar-refractivity contribution is 8.00. The van der Waals surface area contributed by atoms with Gasteiger partial charge < -0.3 is 9.84 Å². The lowest BCUT2D eigenvalue weighted by molar-refractivity contribution is 0.0696. The third-order valence-corrected chi connectivity index (χ3v) is 4.59. The molecule has 1 N–H and O–H groups in total. The fourth-order valence-electron chi connectivity index (χ4n) is 2.27. The highest BCUT2D eigenvalue weighted by Crippen LogP contribution is 2.49. The van der Waals surface area contributed by atoms with E-state index in [-0.39, 0.29) is 4.93 Å². The molecule has 4 heteroatoms. The molecule has 0 saturated heterocycles. The van der Waals surface area contributed by atoms with E-state index in [0.717, 1.165) is 23.5 Å². The quantitative estimate of drug-likeness (QED) is 0.776. The number of unbranched alkanes of at least 4 members (excludes halogenated alkanes) is 3. The molecule has 0 spiro atoms. The molecule has 0 aliphatic carbocycles. The molecule has 0 aromatic heterocycles. The highest BCUT2D eigenvalue weighted by Gasteiger charge is 2.35. The second kappa shape index (κ2) is 5.87. The lowest BCUT2D eigenvalue weighted by atomic mass is 10.1. The van der Waals surface area contributed by atoms with E-state index in [1.807, 2.05) is 0 Å². The number of fused-ring (bicyclic) bond motifs is 1. The highest BCUT2D eigenvalue weighted by atomic mass is 32.2. The molecule has 19 heavy (non-hydrogen) atoms. The molecule has 1 unspecified atom stereocenters. The van der Waals surface area contributed by atoms with Crippen molar-refractivity contribution in [1.29, 1.82) is 0 Å². The number of hydrogen-bond donors (Lipinski definition) is 1. The molecule has 1 heterocycles. The van der Waals surface area contributed by atoms with E-state index in [2.05, 4.69) is 13.8 Å². The van der Waals surface area contributed by atoms with Gasteiger partial charge in [0, 0.05) is 0 Å². The SMILES string of the molecule is CCCCCCC1(C)Oc2ccc(C(=O)O)cc2S1. The predicted octanol–water partition coefficient (Wildman–Crippen LogP) is 4.56. The molecule has 0 saturated carbocycles. The number of ether oxygens (including phenoxy) is 1. The van der Waals surface area contributed by atoms with Crippen molar-refractivity contribution in [3.63, 3.8) is 0 Å². The van der Waals surface area contributed by atoms with Crippen molar-refractivity contribution < 1.29 is 14.6 Å². The molecule has 0 radical (unpaired) electrons. The van der Waals surface area contributed by atoms with Gasteiger partial charge in [0.25, 0.3) is 0 Å². The van der Waals surface area contributed by atoms with E-state index in [1.165, 1.54) is 19.3 Å². The molecule has 1 aliphatic rings. The topological polar surface area (TPSA) is 46.5 Å². The molecule has 1 atom stereocenters. The fraction of sp³-hybridized carbons (Fsp3) is 0.533. The van der Waals surface area contributed by atoms with Gasteiger partial charge in [0.1, 0.15) is 5.75 Å². The standard InChI is InChI=1S/C15H20O3S/c1-3-4-5-6-9-15(2)18-12-8-7-11(14(16)17)10-13(12)19-15/h7-8,10H,3-6,9H2,1-2H3,(H,16,17). The first-order chi connectivity index (χ1) is 9.04. The van der Waals surface area contributed by atoms with E-state index < -0.39 is 5.97 Å². The molecule has 1 aliphatic heterocycles. The molecule has 0 bridgehead atoms. The predicted molar refractivity (Wildman–Crippen MR) is 77.1 cm³/mol. The van der Waals surface area contributed by atoms with E-state index >= 15 is 0 Å². The van der Waals surface area contributed by atoms with Gasteiger partial charge in [0.05, 0.1) is 10.5 Å². The summed E-state index contributed by atoms with van der Waals surface area (Å²) in [7, 11) is 0. The summed E-state index contributed by atoms with van der Waals surface area (Å²) in [5.41, 5.74) is 0.324. The first kappa shape index (κ1) is 14.3. The van der Waals surface area contributed by atoms with E-state index in [0.29, 0.717) is 5.56 Å². The third kappa shape index (κ3) is 3.44. The van der Waals surface area contributed by atoms with Gasteiger partial charge in [-0.05, 0) is 38.0 Å². The molecule has 104 valence electrons. The van der Waals surface area contributed by atoms with Gasteiger partial charge in [-0.25, -0.2) is 4.79 Å². The van der Waals surface area contributed by atoms with Gasteiger partial charge >= 0.3 is 5.97 Å². The smallest absolute Gasteiger partial charge is 0.335 e. The van der Waals surface area contributed by atoms with Crippen molar-refractivity contribution in [2.45, 2.75) is 55.8 Å². The minimum Gasteiger partial charge on any atom is -0.478 e. The Balaban J connectivity index is 2.00. The van der Waals surface area contributed by atoms with Gasteiger partial charge in [-0.15, -0.1) is 0 Å². The number of carbonyl (C=O) groups is 1. The average molecular weight is 280 g/mol. The maximum Gasteiger partial charge on any atom is 0.335 e. The van der Waals surface area contributed by atoms with Crippen LogP contribution < -0.4 is 4.74 Å². The first-order valence-corrected chi connectivity index (χ1v) is 7.61. The summed E-state index contributed by atoms with van der Waals surface area (Å²) in [6, 6.07) is 5.08. The summed E-state index contributed by atoms with van der Waals surface area (Å²) in [5, 5.41) is 9.00. The Bertz CT molecular complexity index is 472. The zero-order valence-electron chi connectivity index (χ0n) is 11.4. The Morgan fingerprint density at radius 3 is 2.84 bits per heavy atom. The Kier molecular flexibility index (Phi) is 4.40. The summed E-state index contributed by atoms with van der Waals surface area (Å²) >= 11 is 1.64. The Labute approximate surface area is 118 Å². The van der Waals surface area contributed by atoms with Gasteiger partial charge in [-0.2, -0.15) is 0 Å². The Morgan fingerprint density at radius 1 is 1.37 bits per heavy atom. The van der Waals surface area contributed by atoms with Crippen molar-refractivity contribution in [2.75, 3.05) is 0 Å². The van der Waals surface area contributed by atoms with Crippen LogP contribution in [-0.4, -0.2) is 16.0 Å². The summed E-state index contributed by atoms with van der Waals surface area (Å²) in [6.07, 6.45) is 5.86. The molecule has 3 nitrogen and oxygen atoms in total. The monoisotopic (exact) mass is 280 g/mol. The molecule has 1 aromatic rings. The van der Waals surface area contributed by atoms with Crippen LogP contribution in [0.15, 0.2) is 23.1 Å². The van der Waals surface area contributed by atoms with E-state index in [9.17, 15) is 4.79 Å². The molecular weight excluding hydrogens is 260 g/mol. The average Bonchev–Trinajstić information content (AvgIpc) is 2.70. The lowest BCUT2D eigenvalue weighted by Crippen LogP contribution is -2.23. The largest absolute Gasteiger partial charge is 0.478 e. The number of rotatable bonds is 6. The van der Waals surface area contributed by atoms with Crippen molar-refractivity contribution in [2.24, 2.45) is 0 Å². The van der Waals surface area contributed by atoms with Crippen molar-refractivity contribution in [3.8, 4) is 5.75 Å². The maximum absolute atomic E-state index is 11.0. The van der Waals surface area contributed by atoms with Gasteiger partial charge in [-0.1, -0.05) is 37.9 Å². The van der Waals surface area contributed by atoms with Crippen LogP contribution >= 0.6 is 11.8 Å². The minimum atomic E-state index is -0.889. The summed E-state index contributed by atoms with van der Waals surface area (Å²) in [4.78, 5) is 11.7. The first-order valence-electron chi connectivity index (χ1n) is 6.79. The fourth-order valence-corrected chi connectivity index (χ4v) is 3.51. The van der Waals surface area contributed by atoms with Crippen molar-refractivity contribution in [3.05, 3.63) is 23.8 Å². The van der Waals surface area contributed by atoms with E-state index in [1.54, 1.807) is 30.0 Å². The molecule has 2 rings (SSSR count). The second-order valence-electron chi connectivity index (χ2n) is 5.12. The van der Waals surface area contributed by atoms with Gasteiger partial charge in [-0.3, -0.25) is 0 Å². The Morgan fingerprint density at radius 2 is 2.16 bits per heavy atom. The van der Waals surface area contributed by atoms with Gasteiger partial charge in [0.15, 0.2) is 4.93 Å². The summed E-state index contributed by atoms with van der Waals surface area (Å²) in [6.45, 7) is 4.29. The summed E-state index contributed by atoms with van der Waals surface area (Å²) < 4.78 is 5.98. The normalized spacial score (nSPS) is 20.9. The van der Waals surface area contributed by atoms with Crippen LogP contribution in [0.4, 0.5) is 0 Å². The van der Waals surface area contributed by atoms with Crippen LogP contribution in [0, 0.1) is 0 Å². The van der Waals surface area contributed by atoms with Crippen LogP contribution in [0.25, 0.3) is 0 Å². The number of benzene rings is 1. The lowest BCUT2D eigenvalue weighted by Gasteiger charge is -2.22.